The number of aromatic nitrogens is 1. The predicted octanol–water partition coefficient (Wildman–Crippen LogP) is 3.68. The summed E-state index contributed by atoms with van der Waals surface area (Å²) in [5.74, 6) is 8.18. The summed E-state index contributed by atoms with van der Waals surface area (Å²) in [5.41, 5.74) is 4.14. The Kier molecular flexibility index (Phi) is 6.00. The number of halogens is 1. The fraction of sp³-hybridized carbons (Fsp3) is 0.688. The van der Waals surface area contributed by atoms with E-state index in [9.17, 15) is 0 Å². The molecule has 3 N–H and O–H groups in total. The van der Waals surface area contributed by atoms with E-state index in [1.807, 2.05) is 12.3 Å². The Morgan fingerprint density at radius 3 is 2.40 bits per heavy atom. The summed E-state index contributed by atoms with van der Waals surface area (Å²) < 4.78 is 1.02. The van der Waals surface area contributed by atoms with Crippen molar-refractivity contribution in [1.82, 2.24) is 10.4 Å². The Bertz CT molecular complexity index is 397. The lowest BCUT2D eigenvalue weighted by molar-refractivity contribution is 0.187. The Labute approximate surface area is 130 Å². The summed E-state index contributed by atoms with van der Waals surface area (Å²) in [6.07, 6.45) is 8.03. The quantitative estimate of drug-likeness (QED) is 0.635. The molecule has 0 aromatic carbocycles. The Morgan fingerprint density at radius 2 is 1.90 bits per heavy atom. The first kappa shape index (κ1) is 15.9. The number of hydrazine groups is 1. The van der Waals surface area contributed by atoms with Crippen molar-refractivity contribution in [3.8, 4) is 0 Å². The van der Waals surface area contributed by atoms with Crippen LogP contribution in [0.15, 0.2) is 22.8 Å². The molecule has 1 fully saturated rings. The van der Waals surface area contributed by atoms with Crippen molar-refractivity contribution in [2.75, 3.05) is 0 Å². The molecular formula is C16H26BrN3. The van der Waals surface area contributed by atoms with Gasteiger partial charge >= 0.3 is 0 Å². The molecule has 0 amide bonds. The van der Waals surface area contributed by atoms with Gasteiger partial charge in [-0.15, -0.1) is 0 Å². The zero-order valence-corrected chi connectivity index (χ0v) is 14.1. The van der Waals surface area contributed by atoms with Crippen molar-refractivity contribution in [3.63, 3.8) is 0 Å². The molecule has 2 rings (SSSR count). The lowest BCUT2D eigenvalue weighted by Crippen LogP contribution is -2.44. The summed E-state index contributed by atoms with van der Waals surface area (Å²) >= 11 is 3.42. The highest BCUT2D eigenvalue weighted by atomic mass is 79.9. The molecule has 1 aromatic rings. The van der Waals surface area contributed by atoms with E-state index in [0.29, 0.717) is 12.0 Å². The minimum absolute atomic E-state index is 0.344. The van der Waals surface area contributed by atoms with Gasteiger partial charge in [-0.1, -0.05) is 13.8 Å². The Morgan fingerprint density at radius 1 is 1.25 bits per heavy atom. The molecule has 0 spiro atoms. The second-order valence-electron chi connectivity index (χ2n) is 6.36. The van der Waals surface area contributed by atoms with Crippen LogP contribution in [0.4, 0.5) is 0 Å². The van der Waals surface area contributed by atoms with Gasteiger partial charge in [0.25, 0.3) is 0 Å². The lowest BCUT2D eigenvalue weighted by Gasteiger charge is -2.35. The van der Waals surface area contributed by atoms with Crippen molar-refractivity contribution < 1.29 is 0 Å². The molecule has 0 bridgehead atoms. The zero-order valence-electron chi connectivity index (χ0n) is 12.5. The van der Waals surface area contributed by atoms with E-state index in [1.165, 1.54) is 25.7 Å². The first-order chi connectivity index (χ1) is 9.60. The van der Waals surface area contributed by atoms with Crippen molar-refractivity contribution >= 4 is 15.9 Å². The fourth-order valence-corrected chi connectivity index (χ4v) is 3.56. The second-order valence-corrected chi connectivity index (χ2v) is 7.28. The monoisotopic (exact) mass is 339 g/mol. The molecule has 1 aromatic heterocycles. The summed E-state index contributed by atoms with van der Waals surface area (Å²) in [7, 11) is 0. The number of nitrogens with one attached hydrogen (secondary N) is 1. The maximum atomic E-state index is 5.79. The zero-order chi connectivity index (χ0) is 14.5. The average Bonchev–Trinajstić information content (AvgIpc) is 2.47. The van der Waals surface area contributed by atoms with Crippen LogP contribution in [-0.4, -0.2) is 11.0 Å². The first-order valence-corrected chi connectivity index (χ1v) is 8.46. The fourth-order valence-electron chi connectivity index (χ4n) is 3.33. The minimum Gasteiger partial charge on any atom is -0.271 e. The van der Waals surface area contributed by atoms with Gasteiger partial charge in [-0.05, 0) is 71.5 Å². The van der Waals surface area contributed by atoms with Gasteiger partial charge in [0, 0.05) is 28.8 Å². The third kappa shape index (κ3) is 4.27. The molecule has 0 aliphatic heterocycles. The first-order valence-electron chi connectivity index (χ1n) is 7.66. The predicted molar refractivity (Wildman–Crippen MR) is 87.0 cm³/mol. The number of pyridine rings is 1. The highest BCUT2D eigenvalue weighted by molar-refractivity contribution is 9.10. The van der Waals surface area contributed by atoms with Crippen molar-refractivity contribution in [2.24, 2.45) is 23.6 Å². The van der Waals surface area contributed by atoms with Crippen molar-refractivity contribution in [3.05, 3.63) is 28.5 Å². The largest absolute Gasteiger partial charge is 0.271 e. The smallest absolute Gasteiger partial charge is 0.0420 e. The molecule has 0 saturated heterocycles. The van der Waals surface area contributed by atoms with Crippen molar-refractivity contribution in [2.45, 2.75) is 52.0 Å². The van der Waals surface area contributed by atoms with Gasteiger partial charge < -0.3 is 0 Å². The van der Waals surface area contributed by atoms with Crippen LogP contribution in [0, 0.1) is 17.8 Å². The maximum Gasteiger partial charge on any atom is 0.0420 e. The molecule has 20 heavy (non-hydrogen) atoms. The minimum atomic E-state index is 0.344. The number of nitrogens with zero attached hydrogens (tertiary/aromatic N) is 1. The number of hydrogen-bond acceptors (Lipinski definition) is 3. The lowest BCUT2D eigenvalue weighted by atomic mass is 9.74. The third-order valence-corrected chi connectivity index (χ3v) is 5.23. The van der Waals surface area contributed by atoms with Crippen LogP contribution in [0.2, 0.25) is 0 Å². The Balaban J connectivity index is 1.91. The average molecular weight is 340 g/mol. The van der Waals surface area contributed by atoms with Crippen LogP contribution in [-0.2, 0) is 6.42 Å². The molecule has 112 valence electrons. The molecule has 1 saturated carbocycles. The molecule has 4 heteroatoms. The van der Waals surface area contributed by atoms with Gasteiger partial charge in [-0.2, -0.15) is 0 Å². The SMILES string of the molecule is CC(C)C1CCC(C(Cc2ccc(Br)cn2)NN)CC1. The van der Waals surface area contributed by atoms with Crippen molar-refractivity contribution in [1.29, 1.82) is 0 Å². The highest BCUT2D eigenvalue weighted by Gasteiger charge is 2.28. The van der Waals surface area contributed by atoms with Gasteiger partial charge in [-0.25, -0.2) is 0 Å². The Hall–Kier alpha value is -0.450. The van der Waals surface area contributed by atoms with E-state index in [2.05, 4.69) is 46.3 Å². The van der Waals surface area contributed by atoms with E-state index < -0.39 is 0 Å². The van der Waals surface area contributed by atoms with Gasteiger partial charge in [0.05, 0.1) is 0 Å². The maximum absolute atomic E-state index is 5.79. The topological polar surface area (TPSA) is 50.9 Å². The van der Waals surface area contributed by atoms with Gasteiger partial charge in [-0.3, -0.25) is 16.3 Å². The van der Waals surface area contributed by atoms with Crippen LogP contribution in [0.5, 0.6) is 0 Å². The van der Waals surface area contributed by atoms with E-state index >= 15 is 0 Å². The molecule has 1 aliphatic rings. The van der Waals surface area contributed by atoms with Crippen LogP contribution in [0.1, 0.15) is 45.2 Å². The molecule has 1 heterocycles. The van der Waals surface area contributed by atoms with Gasteiger partial charge in [0.1, 0.15) is 0 Å². The standard InChI is InChI=1S/C16H26BrN3/c1-11(2)12-3-5-13(6-4-12)16(20-18)9-15-8-7-14(17)10-19-15/h7-8,10-13,16,20H,3-6,9,18H2,1-2H3. The third-order valence-electron chi connectivity index (χ3n) is 4.76. The second kappa shape index (κ2) is 7.53. The van der Waals surface area contributed by atoms with E-state index in [0.717, 1.165) is 28.4 Å². The summed E-state index contributed by atoms with van der Waals surface area (Å²) in [4.78, 5) is 4.46. The van der Waals surface area contributed by atoms with Crippen LogP contribution in [0.3, 0.4) is 0 Å². The number of rotatable bonds is 5. The van der Waals surface area contributed by atoms with Crippen LogP contribution in [0.25, 0.3) is 0 Å². The molecule has 3 nitrogen and oxygen atoms in total. The normalized spacial score (nSPS) is 24.9. The molecule has 0 radical (unpaired) electrons. The molecule has 1 aliphatic carbocycles. The van der Waals surface area contributed by atoms with E-state index in [4.69, 9.17) is 5.84 Å². The summed E-state index contributed by atoms with van der Waals surface area (Å²) in [6.45, 7) is 4.69. The van der Waals surface area contributed by atoms with Gasteiger partial charge in [0.2, 0.25) is 0 Å². The van der Waals surface area contributed by atoms with Gasteiger partial charge in [0.15, 0.2) is 0 Å². The molecular weight excluding hydrogens is 314 g/mol. The highest BCUT2D eigenvalue weighted by Crippen LogP contribution is 2.35. The van der Waals surface area contributed by atoms with E-state index in [1.54, 1.807) is 0 Å². The summed E-state index contributed by atoms with van der Waals surface area (Å²) in [5, 5.41) is 0. The van der Waals surface area contributed by atoms with Crippen LogP contribution >= 0.6 is 15.9 Å². The summed E-state index contributed by atoms with van der Waals surface area (Å²) in [6, 6.07) is 4.47. The number of nitrogens with two attached hydrogens (primary N) is 1. The van der Waals surface area contributed by atoms with Crippen LogP contribution < -0.4 is 11.3 Å². The molecule has 1 atom stereocenters. The van der Waals surface area contributed by atoms with E-state index in [-0.39, 0.29) is 0 Å². The molecule has 1 unspecified atom stereocenters. The number of hydrogen-bond donors (Lipinski definition) is 2.